The molecular formula is C30H31BrN8O3. The number of hydrogen-bond acceptors (Lipinski definition) is 9. The lowest BCUT2D eigenvalue weighted by Crippen LogP contribution is -2.50. The third-order valence-corrected chi connectivity index (χ3v) is 7.39. The molecule has 0 saturated carbocycles. The first-order chi connectivity index (χ1) is 20.1. The number of amides is 1. The van der Waals surface area contributed by atoms with E-state index in [0.717, 1.165) is 32.9 Å². The maximum Gasteiger partial charge on any atom is 0.410 e. The van der Waals surface area contributed by atoms with Crippen LogP contribution in [0.15, 0.2) is 65.8 Å². The number of anilines is 3. The quantitative estimate of drug-likeness (QED) is 0.238. The number of nitrogens with one attached hydrogen (secondary N) is 1. The maximum absolute atomic E-state index is 12.5. The smallest absolute Gasteiger partial charge is 0.410 e. The molecule has 5 aromatic rings. The first-order valence-corrected chi connectivity index (χ1v) is 14.4. The number of aromatic nitrogens is 5. The number of pyridine rings is 2. The largest absolute Gasteiger partial charge is 0.457 e. The van der Waals surface area contributed by atoms with E-state index in [2.05, 4.69) is 41.1 Å². The predicted octanol–water partition coefficient (Wildman–Crippen LogP) is 6.34. The monoisotopic (exact) mass is 630 g/mol. The molecule has 1 fully saturated rings. The molecule has 1 aliphatic rings. The van der Waals surface area contributed by atoms with Crippen LogP contribution in [0.5, 0.6) is 11.5 Å². The van der Waals surface area contributed by atoms with E-state index in [-0.39, 0.29) is 6.09 Å². The lowest BCUT2D eigenvalue weighted by Gasteiger charge is -2.36. The molecule has 4 aromatic heterocycles. The minimum atomic E-state index is -0.526. The summed E-state index contributed by atoms with van der Waals surface area (Å²) in [4.78, 5) is 34.6. The number of halogens is 1. The molecular weight excluding hydrogens is 600 g/mol. The number of carbonyl (C=O) groups is 1. The van der Waals surface area contributed by atoms with E-state index in [9.17, 15) is 4.79 Å². The van der Waals surface area contributed by atoms with Crippen molar-refractivity contribution in [2.75, 3.05) is 36.4 Å². The van der Waals surface area contributed by atoms with Crippen molar-refractivity contribution >= 4 is 56.0 Å². The van der Waals surface area contributed by atoms with Gasteiger partial charge in [0.05, 0.1) is 9.99 Å². The van der Waals surface area contributed by atoms with Crippen LogP contribution in [0.4, 0.5) is 22.1 Å². The zero-order valence-corrected chi connectivity index (χ0v) is 25.4. The van der Waals surface area contributed by atoms with Crippen molar-refractivity contribution in [2.45, 2.75) is 33.3 Å². The Labute approximate surface area is 251 Å². The van der Waals surface area contributed by atoms with Crippen molar-refractivity contribution in [3.8, 4) is 11.5 Å². The van der Waals surface area contributed by atoms with Crippen LogP contribution >= 0.6 is 15.9 Å². The number of carbonyl (C=O) groups excluding carboxylic acids is 1. The van der Waals surface area contributed by atoms with Crippen LogP contribution in [0.3, 0.4) is 0 Å². The third-order valence-electron chi connectivity index (χ3n) is 6.81. The van der Waals surface area contributed by atoms with Crippen molar-refractivity contribution in [3.05, 3.63) is 71.4 Å². The van der Waals surface area contributed by atoms with Crippen molar-refractivity contribution < 1.29 is 14.3 Å². The zero-order chi connectivity index (χ0) is 29.4. The summed E-state index contributed by atoms with van der Waals surface area (Å²) in [6, 6.07) is 11.6. The van der Waals surface area contributed by atoms with Crippen LogP contribution in [-0.2, 0) is 4.74 Å². The Morgan fingerprint density at radius 1 is 1.00 bits per heavy atom. The van der Waals surface area contributed by atoms with Gasteiger partial charge in [-0.05, 0) is 79.5 Å². The summed E-state index contributed by atoms with van der Waals surface area (Å²) in [5.41, 5.74) is 3.46. The summed E-state index contributed by atoms with van der Waals surface area (Å²) in [7, 11) is 0. The fourth-order valence-corrected chi connectivity index (χ4v) is 5.31. The predicted molar refractivity (Wildman–Crippen MR) is 165 cm³/mol. The number of hydrogen-bond donors (Lipinski definition) is 1. The summed E-state index contributed by atoms with van der Waals surface area (Å²) in [6.45, 7) is 9.95. The molecule has 6 rings (SSSR count). The lowest BCUT2D eigenvalue weighted by atomic mass is 10.2. The fraction of sp³-hybridized carbons (Fsp3) is 0.300. The van der Waals surface area contributed by atoms with Crippen molar-refractivity contribution in [3.63, 3.8) is 0 Å². The molecule has 12 heteroatoms. The number of nitrogens with zero attached hydrogens (tertiary/aromatic N) is 7. The molecule has 5 heterocycles. The third kappa shape index (κ3) is 5.94. The van der Waals surface area contributed by atoms with Gasteiger partial charge in [0.25, 0.3) is 0 Å². The van der Waals surface area contributed by atoms with E-state index >= 15 is 0 Å². The number of imidazole rings is 1. The number of piperazine rings is 1. The molecule has 42 heavy (non-hydrogen) atoms. The van der Waals surface area contributed by atoms with Gasteiger partial charge in [-0.15, -0.1) is 0 Å². The Kier molecular flexibility index (Phi) is 7.31. The molecule has 0 spiro atoms. The van der Waals surface area contributed by atoms with Crippen molar-refractivity contribution in [1.29, 1.82) is 0 Å². The Morgan fingerprint density at radius 3 is 2.57 bits per heavy atom. The molecule has 11 nitrogen and oxygen atoms in total. The first kappa shape index (κ1) is 27.7. The Morgan fingerprint density at radius 2 is 1.81 bits per heavy atom. The highest BCUT2D eigenvalue weighted by molar-refractivity contribution is 9.10. The second kappa shape index (κ2) is 11.1. The minimum Gasteiger partial charge on any atom is -0.457 e. The molecule has 0 radical (unpaired) electrons. The summed E-state index contributed by atoms with van der Waals surface area (Å²) in [5.74, 6) is 2.84. The van der Waals surface area contributed by atoms with Gasteiger partial charge >= 0.3 is 6.09 Å². The van der Waals surface area contributed by atoms with Gasteiger partial charge in [0, 0.05) is 56.5 Å². The molecule has 216 valence electrons. The first-order valence-electron chi connectivity index (χ1n) is 13.7. The van der Waals surface area contributed by atoms with E-state index in [0.29, 0.717) is 48.8 Å². The van der Waals surface area contributed by atoms with Crippen LogP contribution < -0.4 is 15.0 Å². The second-order valence-electron chi connectivity index (χ2n) is 11.1. The van der Waals surface area contributed by atoms with Crippen LogP contribution in [0.1, 0.15) is 26.3 Å². The van der Waals surface area contributed by atoms with Gasteiger partial charge in [-0.2, -0.15) is 0 Å². The van der Waals surface area contributed by atoms with Crippen LogP contribution in [-0.4, -0.2) is 67.1 Å². The van der Waals surface area contributed by atoms with Crippen molar-refractivity contribution in [2.24, 2.45) is 0 Å². The number of aryl methyl sites for hydroxylation is 1. The van der Waals surface area contributed by atoms with E-state index < -0.39 is 5.60 Å². The van der Waals surface area contributed by atoms with Gasteiger partial charge in [-0.1, -0.05) is 0 Å². The van der Waals surface area contributed by atoms with Gasteiger partial charge in [-0.3, -0.25) is 0 Å². The number of ether oxygens (including phenoxy) is 2. The topological polar surface area (TPSA) is 110 Å². The van der Waals surface area contributed by atoms with Crippen molar-refractivity contribution in [1.82, 2.24) is 29.2 Å². The zero-order valence-electron chi connectivity index (χ0n) is 23.8. The Hall–Kier alpha value is -4.45. The summed E-state index contributed by atoms with van der Waals surface area (Å²) in [6.07, 6.45) is 6.80. The number of rotatable bonds is 5. The molecule has 0 unspecified atom stereocenters. The number of fused-ring (bicyclic) bond motifs is 2. The normalized spacial score (nSPS) is 13.9. The van der Waals surface area contributed by atoms with Gasteiger partial charge in [0.2, 0.25) is 0 Å². The number of benzene rings is 1. The molecule has 1 amide bonds. The molecule has 0 aliphatic carbocycles. The van der Waals surface area contributed by atoms with E-state index in [4.69, 9.17) is 14.5 Å². The average molecular weight is 632 g/mol. The minimum absolute atomic E-state index is 0.293. The molecule has 0 bridgehead atoms. The van der Waals surface area contributed by atoms with Crippen LogP contribution in [0, 0.1) is 6.92 Å². The summed E-state index contributed by atoms with van der Waals surface area (Å²) in [5, 5.41) is 3.41. The molecule has 1 N–H and O–H groups in total. The average Bonchev–Trinajstić information content (AvgIpc) is 3.42. The SMILES string of the molecule is Cc1cc(Nc2ncnc3cc(Br)c(N4CCN(C(=O)OC(C)(C)C)CC4)nc23)ccc1Oc1ccn2ccnc2c1. The van der Waals surface area contributed by atoms with Gasteiger partial charge in [0.15, 0.2) is 5.82 Å². The maximum atomic E-state index is 12.5. The second-order valence-corrected chi connectivity index (χ2v) is 12.0. The van der Waals surface area contributed by atoms with Crippen LogP contribution in [0.2, 0.25) is 0 Å². The highest BCUT2D eigenvalue weighted by Crippen LogP contribution is 2.33. The van der Waals surface area contributed by atoms with Gasteiger partial charge in [0.1, 0.15) is 40.4 Å². The van der Waals surface area contributed by atoms with Crippen LogP contribution in [0.25, 0.3) is 16.7 Å². The Bertz CT molecular complexity index is 1780. The standard InChI is InChI=1S/C30H31BrN8O3/c1-19-15-20(5-6-24(19)41-21-7-9-37-10-8-32-25(37)16-21)35-27-26-23(33-18-34-27)17-22(31)28(36-26)38-11-13-39(14-12-38)29(40)42-30(2,3)4/h5-10,15-18H,11-14H2,1-4H3,(H,33,34,35). The van der Waals surface area contributed by atoms with E-state index in [1.54, 1.807) is 11.1 Å². The molecule has 1 aliphatic heterocycles. The summed E-state index contributed by atoms with van der Waals surface area (Å²) < 4.78 is 14.4. The van der Waals surface area contributed by atoms with Gasteiger partial charge < -0.3 is 29.0 Å². The molecule has 1 saturated heterocycles. The van der Waals surface area contributed by atoms with E-state index in [1.807, 2.05) is 80.9 Å². The summed E-state index contributed by atoms with van der Waals surface area (Å²) >= 11 is 3.67. The molecule has 0 atom stereocenters. The highest BCUT2D eigenvalue weighted by atomic mass is 79.9. The Balaban J connectivity index is 1.19. The van der Waals surface area contributed by atoms with E-state index in [1.165, 1.54) is 6.33 Å². The molecule has 1 aromatic carbocycles. The van der Waals surface area contributed by atoms with Gasteiger partial charge in [-0.25, -0.2) is 24.7 Å². The lowest BCUT2D eigenvalue weighted by molar-refractivity contribution is 0.0240. The fourth-order valence-electron chi connectivity index (χ4n) is 4.75. The highest BCUT2D eigenvalue weighted by Gasteiger charge is 2.27.